The number of benzene rings is 2. The van der Waals surface area contributed by atoms with Gasteiger partial charge in [-0.3, -0.25) is 4.90 Å². The lowest BCUT2D eigenvalue weighted by Crippen LogP contribution is -2.41. The molecule has 2 aromatic rings. The topological polar surface area (TPSA) is 12.5 Å². The van der Waals surface area contributed by atoms with Crippen LogP contribution in [0.3, 0.4) is 0 Å². The Morgan fingerprint density at radius 1 is 1.12 bits per heavy atom. The van der Waals surface area contributed by atoms with E-state index in [0.29, 0.717) is 31.0 Å². The number of rotatable bonds is 4. The average molecular weight is 414 g/mol. The van der Waals surface area contributed by atoms with Crippen molar-refractivity contribution in [3.63, 3.8) is 0 Å². The smallest absolute Gasteiger partial charge is 0.393 e. The number of likely N-dealkylation sites (tertiary alicyclic amines) is 1. The van der Waals surface area contributed by atoms with E-state index < -0.39 is 12.1 Å². The molecule has 1 atom stereocenters. The second kappa shape index (κ2) is 7.79. The number of hydrogen-bond donors (Lipinski definition) is 0. The number of hydrogen-bond acceptors (Lipinski definition) is 2. The molecule has 0 radical (unpaired) electrons. The molecule has 1 aliphatic heterocycles. The molecular weight excluding hydrogens is 395 g/mol. The molecule has 3 rings (SSSR count). The third-order valence-corrected chi connectivity index (χ3v) is 4.86. The summed E-state index contributed by atoms with van der Waals surface area (Å²) in [5.41, 5.74) is 0.884. The first-order chi connectivity index (χ1) is 11.9. The number of nitrogens with zero attached hydrogens (tertiary/aromatic N) is 1. The molecular formula is C19H19BrF3NO. The van der Waals surface area contributed by atoms with Crippen molar-refractivity contribution in [2.45, 2.75) is 25.6 Å². The molecule has 6 heteroatoms. The monoisotopic (exact) mass is 413 g/mol. The Morgan fingerprint density at radius 2 is 1.88 bits per heavy atom. The number of ether oxygens (including phenoxy) is 1. The average Bonchev–Trinajstić information content (AvgIpc) is 2.58. The maximum atomic E-state index is 13.0. The fraction of sp³-hybridized carbons (Fsp3) is 0.368. The largest absolute Gasteiger partial charge is 0.457 e. The summed E-state index contributed by atoms with van der Waals surface area (Å²) in [6, 6.07) is 15.0. The SMILES string of the molecule is FC(F)(F)C1CCCN(Cc2ccc(Br)cc2Oc2ccccc2)C1. The Labute approximate surface area is 153 Å². The second-order valence-corrected chi connectivity index (χ2v) is 7.20. The molecule has 1 fully saturated rings. The summed E-state index contributed by atoms with van der Waals surface area (Å²) in [5, 5.41) is 0. The first-order valence-corrected chi connectivity index (χ1v) is 9.01. The van der Waals surface area contributed by atoms with Gasteiger partial charge in [0, 0.05) is 23.1 Å². The van der Waals surface area contributed by atoms with Crippen LogP contribution in [0, 0.1) is 5.92 Å². The van der Waals surface area contributed by atoms with Crippen molar-refractivity contribution in [3.05, 3.63) is 58.6 Å². The van der Waals surface area contributed by atoms with Crippen molar-refractivity contribution in [3.8, 4) is 11.5 Å². The van der Waals surface area contributed by atoms with Crippen molar-refractivity contribution in [2.24, 2.45) is 5.92 Å². The molecule has 1 unspecified atom stereocenters. The Bertz CT molecular complexity index is 706. The van der Waals surface area contributed by atoms with E-state index in [4.69, 9.17) is 4.74 Å². The Morgan fingerprint density at radius 3 is 2.60 bits per heavy atom. The Balaban J connectivity index is 1.76. The lowest BCUT2D eigenvalue weighted by Gasteiger charge is -2.34. The van der Waals surface area contributed by atoms with Gasteiger partial charge in [-0.2, -0.15) is 13.2 Å². The summed E-state index contributed by atoms with van der Waals surface area (Å²) >= 11 is 3.43. The lowest BCUT2D eigenvalue weighted by molar-refractivity contribution is -0.187. The Hall–Kier alpha value is -1.53. The van der Waals surface area contributed by atoms with Gasteiger partial charge in [-0.1, -0.05) is 40.2 Å². The number of piperidine rings is 1. The summed E-state index contributed by atoms with van der Waals surface area (Å²) in [4.78, 5) is 1.86. The minimum Gasteiger partial charge on any atom is -0.457 e. The zero-order valence-electron chi connectivity index (χ0n) is 13.6. The number of alkyl halides is 3. The van der Waals surface area contributed by atoms with E-state index in [1.807, 2.05) is 53.4 Å². The molecule has 0 bridgehead atoms. The van der Waals surface area contributed by atoms with Gasteiger partial charge in [0.1, 0.15) is 11.5 Å². The highest BCUT2D eigenvalue weighted by atomic mass is 79.9. The van der Waals surface area contributed by atoms with E-state index in [1.165, 1.54) is 0 Å². The number of halogens is 4. The molecule has 0 spiro atoms. The standard InChI is InChI=1S/C19H19BrF3NO/c20-16-9-8-14(18(11-16)25-17-6-2-1-3-7-17)12-24-10-4-5-15(13-24)19(21,22)23/h1-3,6-9,11,15H,4-5,10,12-13H2. The van der Waals surface area contributed by atoms with Gasteiger partial charge < -0.3 is 4.74 Å². The van der Waals surface area contributed by atoms with Gasteiger partial charge in [0.05, 0.1) is 5.92 Å². The normalized spacial score (nSPS) is 19.0. The van der Waals surface area contributed by atoms with Crippen LogP contribution in [0.25, 0.3) is 0 Å². The predicted octanol–water partition coefficient (Wildman–Crippen LogP) is 6.02. The van der Waals surface area contributed by atoms with Crippen molar-refractivity contribution >= 4 is 15.9 Å². The van der Waals surface area contributed by atoms with Gasteiger partial charge in [0.25, 0.3) is 0 Å². The summed E-state index contributed by atoms with van der Waals surface area (Å²) in [5.74, 6) is 0.124. The first kappa shape index (κ1) is 18.3. The second-order valence-electron chi connectivity index (χ2n) is 6.28. The highest BCUT2D eigenvalue weighted by Gasteiger charge is 2.41. The molecule has 1 saturated heterocycles. The van der Waals surface area contributed by atoms with Crippen molar-refractivity contribution in [1.29, 1.82) is 0 Å². The molecule has 134 valence electrons. The summed E-state index contributed by atoms with van der Waals surface area (Å²) in [6.07, 6.45) is -3.34. The van der Waals surface area contributed by atoms with Crippen LogP contribution in [0.15, 0.2) is 53.0 Å². The number of para-hydroxylation sites is 1. The summed E-state index contributed by atoms with van der Waals surface area (Å²) < 4.78 is 45.9. The van der Waals surface area contributed by atoms with E-state index in [1.54, 1.807) is 0 Å². The molecule has 2 nitrogen and oxygen atoms in total. The molecule has 0 amide bonds. The van der Waals surface area contributed by atoms with Crippen LogP contribution in [0.5, 0.6) is 11.5 Å². The highest BCUT2D eigenvalue weighted by molar-refractivity contribution is 9.10. The van der Waals surface area contributed by atoms with Crippen LogP contribution in [0.4, 0.5) is 13.2 Å². The molecule has 0 saturated carbocycles. The molecule has 1 aliphatic rings. The van der Waals surface area contributed by atoms with Gasteiger partial charge in [-0.15, -0.1) is 0 Å². The van der Waals surface area contributed by atoms with Crippen LogP contribution >= 0.6 is 15.9 Å². The van der Waals surface area contributed by atoms with E-state index in [2.05, 4.69) is 15.9 Å². The van der Waals surface area contributed by atoms with Crippen LogP contribution in [-0.2, 0) is 6.54 Å². The fourth-order valence-corrected chi connectivity index (χ4v) is 3.42. The molecule has 0 aliphatic carbocycles. The van der Waals surface area contributed by atoms with Crippen LogP contribution in [0.2, 0.25) is 0 Å². The van der Waals surface area contributed by atoms with Crippen molar-refractivity contribution in [1.82, 2.24) is 4.90 Å². The maximum Gasteiger partial charge on any atom is 0.393 e. The van der Waals surface area contributed by atoms with E-state index >= 15 is 0 Å². The van der Waals surface area contributed by atoms with Gasteiger partial charge in [-0.25, -0.2) is 0 Å². The predicted molar refractivity (Wildman–Crippen MR) is 94.7 cm³/mol. The van der Waals surface area contributed by atoms with E-state index in [0.717, 1.165) is 10.0 Å². The van der Waals surface area contributed by atoms with Gasteiger partial charge in [0.15, 0.2) is 0 Å². The van der Waals surface area contributed by atoms with Crippen molar-refractivity contribution in [2.75, 3.05) is 13.1 Å². The lowest BCUT2D eigenvalue weighted by atomic mass is 9.97. The van der Waals surface area contributed by atoms with Gasteiger partial charge in [0.2, 0.25) is 0 Å². The Kier molecular flexibility index (Phi) is 5.69. The zero-order chi connectivity index (χ0) is 17.9. The summed E-state index contributed by atoms with van der Waals surface area (Å²) in [7, 11) is 0. The molecule has 25 heavy (non-hydrogen) atoms. The van der Waals surface area contributed by atoms with Gasteiger partial charge >= 0.3 is 6.18 Å². The third-order valence-electron chi connectivity index (χ3n) is 4.36. The van der Waals surface area contributed by atoms with Gasteiger partial charge in [-0.05, 0) is 43.7 Å². The fourth-order valence-electron chi connectivity index (χ4n) is 3.08. The molecule has 1 heterocycles. The molecule has 0 aromatic heterocycles. The molecule has 0 N–H and O–H groups in total. The van der Waals surface area contributed by atoms with Crippen molar-refractivity contribution < 1.29 is 17.9 Å². The minimum absolute atomic E-state index is 0.0460. The quantitative estimate of drug-likeness (QED) is 0.607. The van der Waals surface area contributed by atoms with Crippen LogP contribution in [0.1, 0.15) is 18.4 Å². The summed E-state index contributed by atoms with van der Waals surface area (Å²) in [6.45, 7) is 1.17. The van der Waals surface area contributed by atoms with E-state index in [9.17, 15) is 13.2 Å². The first-order valence-electron chi connectivity index (χ1n) is 8.22. The third kappa shape index (κ3) is 4.98. The van der Waals surface area contributed by atoms with Crippen LogP contribution in [-0.4, -0.2) is 24.2 Å². The van der Waals surface area contributed by atoms with Crippen LogP contribution < -0.4 is 4.74 Å². The maximum absolute atomic E-state index is 13.0. The van der Waals surface area contributed by atoms with E-state index in [-0.39, 0.29) is 13.0 Å². The molecule has 2 aromatic carbocycles. The highest BCUT2D eigenvalue weighted by Crippen LogP contribution is 2.35. The minimum atomic E-state index is -4.12. The zero-order valence-corrected chi connectivity index (χ0v) is 15.2.